The second-order valence-electron chi connectivity index (χ2n) is 5.67. The maximum absolute atomic E-state index is 12.0. The zero-order valence-corrected chi connectivity index (χ0v) is 15.4. The van der Waals surface area contributed by atoms with Crippen molar-refractivity contribution in [2.24, 2.45) is 0 Å². The van der Waals surface area contributed by atoms with Crippen LogP contribution < -0.4 is 5.32 Å². The van der Waals surface area contributed by atoms with Gasteiger partial charge in [-0.1, -0.05) is 11.6 Å². The van der Waals surface area contributed by atoms with Crippen LogP contribution in [0.15, 0.2) is 52.0 Å². The molecule has 0 fully saturated rings. The van der Waals surface area contributed by atoms with Crippen LogP contribution in [0.25, 0.3) is 17.4 Å². The van der Waals surface area contributed by atoms with Gasteiger partial charge in [0.15, 0.2) is 0 Å². The number of hydrogen-bond donors (Lipinski definition) is 1. The van der Waals surface area contributed by atoms with E-state index in [-0.39, 0.29) is 28.3 Å². The number of nitrogens with zero attached hydrogens (tertiary/aromatic N) is 1. The number of furan rings is 1. The second-order valence-corrected chi connectivity index (χ2v) is 6.08. The van der Waals surface area contributed by atoms with Gasteiger partial charge in [0.1, 0.15) is 23.2 Å². The van der Waals surface area contributed by atoms with E-state index in [1.807, 2.05) is 0 Å². The van der Waals surface area contributed by atoms with Crippen molar-refractivity contribution >= 4 is 35.5 Å². The lowest BCUT2D eigenvalue weighted by Gasteiger charge is -2.09. The molecule has 0 atom stereocenters. The van der Waals surface area contributed by atoms with Gasteiger partial charge in [-0.2, -0.15) is 5.26 Å². The van der Waals surface area contributed by atoms with E-state index in [9.17, 15) is 14.4 Å². The number of benzene rings is 1. The van der Waals surface area contributed by atoms with E-state index in [0.29, 0.717) is 17.1 Å². The highest BCUT2D eigenvalue weighted by molar-refractivity contribution is 6.33. The van der Waals surface area contributed by atoms with Crippen molar-refractivity contribution in [3.8, 4) is 17.4 Å². The summed E-state index contributed by atoms with van der Waals surface area (Å²) in [6.45, 7) is 1.92. The van der Waals surface area contributed by atoms with E-state index < -0.39 is 17.8 Å². The molecule has 1 aromatic carbocycles. The summed E-state index contributed by atoms with van der Waals surface area (Å²) >= 11 is 6.06. The van der Waals surface area contributed by atoms with Crippen LogP contribution in [0.3, 0.4) is 0 Å². The van der Waals surface area contributed by atoms with Gasteiger partial charge in [0, 0.05) is 11.1 Å². The summed E-state index contributed by atoms with van der Waals surface area (Å²) in [7, 11) is 0. The molecule has 0 saturated carbocycles. The summed E-state index contributed by atoms with van der Waals surface area (Å²) in [6, 6.07) is 9.79. The van der Waals surface area contributed by atoms with Gasteiger partial charge in [-0.15, -0.1) is 0 Å². The molecular formula is C20H13ClN2O5. The molecule has 1 aliphatic heterocycles. The molecule has 140 valence electrons. The Morgan fingerprint density at radius 3 is 2.79 bits per heavy atom. The quantitative estimate of drug-likeness (QED) is 0.482. The van der Waals surface area contributed by atoms with Gasteiger partial charge in [-0.25, -0.2) is 4.79 Å². The fourth-order valence-electron chi connectivity index (χ4n) is 2.50. The summed E-state index contributed by atoms with van der Waals surface area (Å²) < 4.78 is 10.7. The minimum atomic E-state index is -0.738. The molecule has 3 rings (SSSR count). The van der Waals surface area contributed by atoms with E-state index in [2.05, 4.69) is 5.32 Å². The molecule has 1 aromatic heterocycles. The van der Waals surface area contributed by atoms with E-state index in [0.717, 1.165) is 0 Å². The Bertz CT molecular complexity index is 1090. The zero-order chi connectivity index (χ0) is 20.3. The molecule has 2 heterocycles. The summed E-state index contributed by atoms with van der Waals surface area (Å²) in [5.74, 6) is -1.14. The molecule has 2 amide bonds. The van der Waals surface area contributed by atoms with Gasteiger partial charge in [0.2, 0.25) is 0 Å². The van der Waals surface area contributed by atoms with Crippen molar-refractivity contribution < 1.29 is 23.5 Å². The highest BCUT2D eigenvalue weighted by Gasteiger charge is 2.22. The number of imide groups is 1. The lowest BCUT2D eigenvalue weighted by atomic mass is 10.1. The predicted octanol–water partition coefficient (Wildman–Crippen LogP) is 3.27. The van der Waals surface area contributed by atoms with Crippen molar-refractivity contribution in [2.75, 3.05) is 6.61 Å². The predicted molar refractivity (Wildman–Crippen MR) is 99.9 cm³/mol. The number of carbonyl (C=O) groups excluding carboxylic acids is 3. The molecule has 0 radical (unpaired) electrons. The van der Waals surface area contributed by atoms with E-state index in [1.165, 1.54) is 12.2 Å². The molecule has 1 aliphatic rings. The molecule has 0 saturated heterocycles. The van der Waals surface area contributed by atoms with Crippen molar-refractivity contribution in [1.29, 1.82) is 5.26 Å². The number of amides is 2. The summed E-state index contributed by atoms with van der Waals surface area (Å²) in [5.41, 5.74) is 0.743. The largest absolute Gasteiger partial charge is 0.462 e. The number of hydrogen-bond acceptors (Lipinski definition) is 6. The summed E-state index contributed by atoms with van der Waals surface area (Å²) in [4.78, 5) is 35.4. The maximum Gasteiger partial charge on any atom is 0.339 e. The zero-order valence-electron chi connectivity index (χ0n) is 14.6. The van der Waals surface area contributed by atoms with E-state index in [4.69, 9.17) is 26.0 Å². The Balaban J connectivity index is 1.93. The Morgan fingerprint density at radius 1 is 1.29 bits per heavy atom. The Hall–Kier alpha value is -3.63. The SMILES string of the molecule is CCOC(=O)c1cc(-c2ccc(/C=C3\C=C(C#N)C(=O)NC3=O)o2)ccc1Cl. The highest BCUT2D eigenvalue weighted by atomic mass is 35.5. The highest BCUT2D eigenvalue weighted by Crippen LogP contribution is 2.28. The van der Waals surface area contributed by atoms with Crippen LogP contribution in [0.1, 0.15) is 23.0 Å². The Morgan fingerprint density at radius 2 is 2.07 bits per heavy atom. The first-order valence-electron chi connectivity index (χ1n) is 8.19. The number of carbonyl (C=O) groups is 3. The first kappa shape index (κ1) is 19.1. The fraction of sp³-hybridized carbons (Fsp3) is 0.100. The molecule has 8 heteroatoms. The topological polar surface area (TPSA) is 109 Å². The number of halogens is 1. The first-order valence-corrected chi connectivity index (χ1v) is 8.56. The molecule has 28 heavy (non-hydrogen) atoms. The molecule has 0 unspecified atom stereocenters. The third-order valence-corrected chi connectivity index (χ3v) is 4.15. The normalized spacial score (nSPS) is 15.0. The standard InChI is InChI=1S/C20H13ClN2O5/c1-2-27-20(26)15-9-11(3-5-16(15)21)17-6-4-14(28-17)8-12-7-13(10-22)19(25)23-18(12)24/h3-9H,2H2,1H3,(H,23,24,25)/b12-8+. The molecule has 0 spiro atoms. The molecule has 0 aliphatic carbocycles. The Kier molecular flexibility index (Phi) is 5.43. The van der Waals surface area contributed by atoms with Crippen LogP contribution in [0.2, 0.25) is 5.02 Å². The van der Waals surface area contributed by atoms with Crippen molar-refractivity contribution in [3.63, 3.8) is 0 Å². The summed E-state index contributed by atoms with van der Waals surface area (Å²) in [6.07, 6.45) is 2.61. The van der Waals surface area contributed by atoms with E-state index in [1.54, 1.807) is 43.3 Å². The lowest BCUT2D eigenvalue weighted by Crippen LogP contribution is -2.35. The molecular weight excluding hydrogens is 384 g/mol. The average Bonchev–Trinajstić information content (AvgIpc) is 3.13. The van der Waals surface area contributed by atoms with Gasteiger partial charge in [0.05, 0.1) is 17.2 Å². The van der Waals surface area contributed by atoms with Crippen molar-refractivity contribution in [2.45, 2.75) is 6.92 Å². The van der Waals surface area contributed by atoms with Crippen LogP contribution >= 0.6 is 11.6 Å². The third kappa shape index (κ3) is 3.87. The van der Waals surface area contributed by atoms with Gasteiger partial charge >= 0.3 is 5.97 Å². The van der Waals surface area contributed by atoms with Crippen LogP contribution in [0, 0.1) is 11.3 Å². The van der Waals surface area contributed by atoms with Crippen molar-refractivity contribution in [3.05, 3.63) is 63.9 Å². The first-order chi connectivity index (χ1) is 13.4. The van der Waals surface area contributed by atoms with Crippen molar-refractivity contribution in [1.82, 2.24) is 5.32 Å². The maximum atomic E-state index is 12.0. The number of rotatable bonds is 4. The smallest absolute Gasteiger partial charge is 0.339 e. The molecule has 1 N–H and O–H groups in total. The van der Waals surface area contributed by atoms with Crippen LogP contribution in [0.5, 0.6) is 0 Å². The number of esters is 1. The lowest BCUT2D eigenvalue weighted by molar-refractivity contribution is -0.126. The van der Waals surface area contributed by atoms with Gasteiger partial charge in [-0.3, -0.25) is 14.9 Å². The average molecular weight is 397 g/mol. The molecule has 0 bridgehead atoms. The third-order valence-electron chi connectivity index (χ3n) is 3.82. The molecule has 2 aromatic rings. The van der Waals surface area contributed by atoms with Gasteiger partial charge in [-0.05, 0) is 49.4 Å². The van der Waals surface area contributed by atoms with Gasteiger partial charge < -0.3 is 9.15 Å². The number of nitrogens with one attached hydrogen (secondary N) is 1. The monoisotopic (exact) mass is 396 g/mol. The van der Waals surface area contributed by atoms with Crippen LogP contribution in [0.4, 0.5) is 0 Å². The number of nitriles is 1. The Labute approximate surface area is 164 Å². The minimum Gasteiger partial charge on any atom is -0.462 e. The van der Waals surface area contributed by atoms with Gasteiger partial charge in [0.25, 0.3) is 11.8 Å². The van der Waals surface area contributed by atoms with Crippen LogP contribution in [-0.2, 0) is 14.3 Å². The number of ether oxygens (including phenoxy) is 1. The van der Waals surface area contributed by atoms with E-state index >= 15 is 0 Å². The second kappa shape index (κ2) is 7.94. The minimum absolute atomic E-state index is 0.111. The summed E-state index contributed by atoms with van der Waals surface area (Å²) in [5, 5.41) is 11.3. The molecule has 7 nitrogen and oxygen atoms in total. The van der Waals surface area contributed by atoms with Crippen LogP contribution in [-0.4, -0.2) is 24.4 Å². The fourth-order valence-corrected chi connectivity index (χ4v) is 2.70.